The van der Waals surface area contributed by atoms with Crippen molar-refractivity contribution in [1.82, 2.24) is 0 Å². The van der Waals surface area contributed by atoms with Crippen molar-refractivity contribution in [3.05, 3.63) is 241 Å². The fourth-order valence-corrected chi connectivity index (χ4v) is 13.1. The van der Waals surface area contributed by atoms with Crippen LogP contribution in [-0.4, -0.2) is 124 Å². The summed E-state index contributed by atoms with van der Waals surface area (Å²) in [4.78, 5) is 7.00. The molecule has 22 heteroatoms. The van der Waals surface area contributed by atoms with Crippen molar-refractivity contribution in [2.75, 3.05) is 67.2 Å². The lowest BCUT2D eigenvalue weighted by atomic mass is 9.63. The molecule has 0 saturated carbocycles. The van der Waals surface area contributed by atoms with Gasteiger partial charge in [-0.1, -0.05) is 235 Å². The van der Waals surface area contributed by atoms with Crippen molar-refractivity contribution in [3.63, 3.8) is 0 Å². The van der Waals surface area contributed by atoms with Gasteiger partial charge in [0, 0.05) is 86.1 Å². The molecule has 1 aliphatic carbocycles. The van der Waals surface area contributed by atoms with E-state index in [2.05, 4.69) is 95.1 Å². The number of rotatable bonds is 15. The van der Waals surface area contributed by atoms with E-state index in [1.807, 2.05) is 165 Å². The van der Waals surface area contributed by atoms with Gasteiger partial charge in [0.1, 0.15) is 24.7 Å². The lowest BCUT2D eigenvalue weighted by Crippen LogP contribution is -2.37. The minimum Gasteiger partial charge on any atom is -0.489 e. The molecular formula is C76H89B6Br2Cl2N3O9. The number of nitrogens with zero attached hydrogens (tertiary/aromatic N) is 3. The number of morpholine rings is 1. The smallest absolute Gasteiger partial charge is 0.320 e. The number of piperidine rings is 1. The standard InChI is InChI=1S/C18H16BClO2.C17H17BO2.C12H17BBrNO.C11H15BBrNO2.C11H15BClNO.C7H9BO/c1-19(21)14-8-6-13(7-9-14)12-22-18-11-10-17(20)15-4-2-3-5-16(15)18;1-18(19)16-9-14-7-8-17(11-15(14)10-16)20-12-13-5-3-2-4-6-13;1-13(16)10-7-11(14)9-12(8-10)15-5-3-2-4-6-15;1-12(15)9-6-10(13)8-11(7-9)14-2-4-16-5-3-14;1-12(15)9-6-10(13)8-11(7-9)14-4-2-3-5-14;1-8(9)7-5-3-2-4-6-7/h2-11,21H,12H2,1H3;2-9,11,19H,10,12H2,1H3;7-9,16H,2-6H2,1H3;6-8,15H,2-5H2,1H3;6-8,15H,2-5H2,1H3;2-6,9H,1H3. The van der Waals surface area contributed by atoms with E-state index in [-0.39, 0.29) is 13.8 Å². The second-order valence-electron chi connectivity index (χ2n) is 25.2. The Balaban J connectivity index is 0.000000152. The van der Waals surface area contributed by atoms with Crippen LogP contribution in [0, 0.1) is 0 Å². The summed E-state index contributed by atoms with van der Waals surface area (Å²) in [5.41, 5.74) is 13.9. The van der Waals surface area contributed by atoms with Crippen molar-refractivity contribution in [2.45, 2.75) is 92.7 Å². The van der Waals surface area contributed by atoms with Crippen molar-refractivity contribution in [2.24, 2.45) is 0 Å². The first-order valence-electron chi connectivity index (χ1n) is 33.9. The van der Waals surface area contributed by atoms with Gasteiger partial charge in [-0.2, -0.15) is 0 Å². The molecule has 0 aromatic heterocycles. The Labute approximate surface area is 609 Å². The fourth-order valence-electron chi connectivity index (χ4n) is 11.6. The Morgan fingerprint density at radius 3 is 1.41 bits per heavy atom. The highest BCUT2D eigenvalue weighted by molar-refractivity contribution is 9.10. The molecule has 13 rings (SSSR count). The summed E-state index contributed by atoms with van der Waals surface area (Å²) in [5.74, 6) is 1.70. The third kappa shape index (κ3) is 24.5. The first kappa shape index (κ1) is 77.4. The molecule has 12 nitrogen and oxygen atoms in total. The zero-order valence-corrected chi connectivity index (χ0v) is 61.8. The number of anilines is 3. The van der Waals surface area contributed by atoms with Crippen molar-refractivity contribution < 1.29 is 44.4 Å². The van der Waals surface area contributed by atoms with E-state index in [1.54, 1.807) is 27.3 Å². The van der Waals surface area contributed by atoms with Crippen molar-refractivity contribution >= 4 is 158 Å². The van der Waals surface area contributed by atoms with Crippen LogP contribution < -0.4 is 51.5 Å². The molecule has 3 heterocycles. The van der Waals surface area contributed by atoms with Gasteiger partial charge in [-0.25, -0.2) is 0 Å². The number of halogens is 4. The van der Waals surface area contributed by atoms with E-state index >= 15 is 0 Å². The summed E-state index contributed by atoms with van der Waals surface area (Å²) in [6, 6.07) is 63.4. The highest BCUT2D eigenvalue weighted by atomic mass is 79.9. The largest absolute Gasteiger partial charge is 0.489 e. The summed E-state index contributed by atoms with van der Waals surface area (Å²) in [6.07, 6.45) is 9.27. The molecule has 0 radical (unpaired) electrons. The van der Waals surface area contributed by atoms with Crippen LogP contribution in [-0.2, 0) is 24.4 Å². The maximum atomic E-state index is 9.65. The third-order valence-electron chi connectivity index (χ3n) is 17.3. The molecule has 3 saturated heterocycles. The van der Waals surface area contributed by atoms with Crippen LogP contribution in [0.25, 0.3) is 16.8 Å². The van der Waals surface area contributed by atoms with Crippen LogP contribution in [0.4, 0.5) is 17.1 Å². The lowest BCUT2D eigenvalue weighted by molar-refractivity contribution is 0.122. The van der Waals surface area contributed by atoms with Crippen LogP contribution in [0.15, 0.2) is 209 Å². The maximum Gasteiger partial charge on any atom is 0.320 e. The van der Waals surface area contributed by atoms with Crippen LogP contribution in [0.2, 0.25) is 51.0 Å². The molecule has 3 aliphatic heterocycles. The van der Waals surface area contributed by atoms with Crippen LogP contribution in [0.1, 0.15) is 54.4 Å². The summed E-state index contributed by atoms with van der Waals surface area (Å²) < 4.78 is 19.1. The number of allylic oxidation sites excluding steroid dienone is 1. The summed E-state index contributed by atoms with van der Waals surface area (Å²) in [7, 11) is 0. The second-order valence-corrected chi connectivity index (χ2v) is 27.9. The minimum absolute atomic E-state index is 0.341. The molecule has 0 bridgehead atoms. The molecule has 0 amide bonds. The zero-order valence-electron chi connectivity index (χ0n) is 57.1. The fraction of sp³-hybridized carbons (Fsp3) is 0.289. The molecule has 9 aromatic rings. The lowest BCUT2D eigenvalue weighted by Gasteiger charge is -2.29. The van der Waals surface area contributed by atoms with E-state index < -0.39 is 27.7 Å². The molecule has 4 aliphatic rings. The summed E-state index contributed by atoms with van der Waals surface area (Å²) in [6.45, 7) is 17.1. The zero-order chi connectivity index (χ0) is 70.1. The van der Waals surface area contributed by atoms with E-state index in [9.17, 15) is 25.1 Å². The number of hydrogen-bond acceptors (Lipinski definition) is 12. The number of fused-ring (bicyclic) bond motifs is 2. The van der Waals surface area contributed by atoms with Gasteiger partial charge < -0.3 is 59.1 Å². The maximum absolute atomic E-state index is 9.65. The predicted octanol–water partition coefficient (Wildman–Crippen LogP) is 12.9. The molecule has 98 heavy (non-hydrogen) atoms. The monoisotopic (exact) mass is 1480 g/mol. The normalized spacial score (nSPS) is 13.6. The molecule has 9 aromatic carbocycles. The third-order valence-corrected chi connectivity index (χ3v) is 18.8. The Bertz CT molecular complexity index is 3870. The Hall–Kier alpha value is -6.37. The Morgan fingerprint density at radius 2 is 0.878 bits per heavy atom. The van der Waals surface area contributed by atoms with Gasteiger partial charge in [0.25, 0.3) is 0 Å². The number of hydrogen-bond donors (Lipinski definition) is 6. The highest BCUT2D eigenvalue weighted by Gasteiger charge is 2.21. The minimum atomic E-state index is -0.454. The number of benzene rings is 9. The van der Waals surface area contributed by atoms with Gasteiger partial charge in [-0.3, -0.25) is 0 Å². The molecule has 508 valence electrons. The van der Waals surface area contributed by atoms with Gasteiger partial charge in [0.15, 0.2) is 0 Å². The molecular weight excluding hydrogens is 1390 g/mol. The molecule has 3 fully saturated rings. The predicted molar refractivity (Wildman–Crippen MR) is 427 cm³/mol. The van der Waals surface area contributed by atoms with Crippen molar-refractivity contribution in [1.29, 1.82) is 0 Å². The molecule has 0 spiro atoms. The average molecular weight is 1480 g/mol. The van der Waals surface area contributed by atoms with E-state index in [0.717, 1.165) is 150 Å². The second kappa shape index (κ2) is 39.6. The SMILES string of the molecule is CB(O)C1=Cc2ccc(OCc3ccccc3)cc2C1.CB(O)c1cc(Br)cc(N2CCCCC2)c1.CB(O)c1cc(Br)cc(N2CCOCC2)c1.CB(O)c1cc(Cl)cc(N2CCCC2)c1.CB(O)c1ccc(COc2ccc(Cl)c3ccccc23)cc1.CB(O)c1ccccc1. The van der Waals surface area contributed by atoms with Gasteiger partial charge in [0.05, 0.1) is 13.2 Å². The van der Waals surface area contributed by atoms with Crippen molar-refractivity contribution in [3.8, 4) is 11.5 Å². The van der Waals surface area contributed by atoms with Crippen LogP contribution in [0.5, 0.6) is 11.5 Å². The van der Waals surface area contributed by atoms with Crippen LogP contribution in [0.3, 0.4) is 0 Å². The van der Waals surface area contributed by atoms with E-state index in [1.165, 1.54) is 48.9 Å². The van der Waals surface area contributed by atoms with E-state index in [4.69, 9.17) is 42.4 Å². The van der Waals surface area contributed by atoms with Gasteiger partial charge in [-0.05, 0) is 155 Å². The van der Waals surface area contributed by atoms with Crippen LogP contribution >= 0.6 is 55.1 Å². The highest BCUT2D eigenvalue weighted by Crippen LogP contribution is 2.33. The Morgan fingerprint density at radius 1 is 0.418 bits per heavy atom. The number of ether oxygens (including phenoxy) is 3. The molecule has 6 N–H and O–H groups in total. The average Bonchev–Trinajstić information content (AvgIpc) is 1.24. The first-order valence-corrected chi connectivity index (χ1v) is 36.3. The summed E-state index contributed by atoms with van der Waals surface area (Å²) in [5, 5.41) is 60.4. The first-order chi connectivity index (χ1) is 47.2. The summed E-state index contributed by atoms with van der Waals surface area (Å²) >= 11 is 19.2. The van der Waals surface area contributed by atoms with Gasteiger partial charge in [0.2, 0.25) is 0 Å². The topological polar surface area (TPSA) is 159 Å². The van der Waals surface area contributed by atoms with E-state index in [0.29, 0.717) is 18.2 Å². The quantitative estimate of drug-likeness (QED) is 0.0541. The molecule has 0 atom stereocenters. The molecule has 0 unspecified atom stereocenters. The van der Waals surface area contributed by atoms with Gasteiger partial charge >= 0.3 is 41.5 Å². The Kier molecular flexibility index (Phi) is 31.2. The van der Waals surface area contributed by atoms with Gasteiger partial charge in [-0.15, -0.1) is 0 Å².